The van der Waals surface area contributed by atoms with Gasteiger partial charge in [0.2, 0.25) is 0 Å². The highest BCUT2D eigenvalue weighted by molar-refractivity contribution is 7.10. The Morgan fingerprint density at radius 1 is 1.75 bits per heavy atom. The average Bonchev–Trinajstić information content (AvgIpc) is 2.48. The van der Waals surface area contributed by atoms with E-state index < -0.39 is 0 Å². The summed E-state index contributed by atoms with van der Waals surface area (Å²) in [5.74, 6) is -0.177. The zero-order valence-electron chi connectivity index (χ0n) is 6.94. The molecule has 0 aliphatic carbocycles. The van der Waals surface area contributed by atoms with Crippen molar-refractivity contribution in [3.63, 3.8) is 0 Å². The second-order valence-corrected chi connectivity index (χ2v) is 3.09. The molecule has 0 saturated heterocycles. The van der Waals surface area contributed by atoms with Crippen molar-refractivity contribution >= 4 is 22.4 Å². The van der Waals surface area contributed by atoms with Crippen molar-refractivity contribution in [3.05, 3.63) is 5.69 Å². The molecule has 0 saturated carbocycles. The first-order valence-electron chi connectivity index (χ1n) is 3.50. The van der Waals surface area contributed by atoms with Gasteiger partial charge in [0.25, 0.3) is 5.91 Å². The number of hydrogen-bond donors (Lipinski definition) is 1. The SMILES string of the molecule is CCN(C)C(=O)c1nnsc1N. The Bertz CT molecular complexity index is 285. The van der Waals surface area contributed by atoms with E-state index in [0.717, 1.165) is 11.5 Å². The van der Waals surface area contributed by atoms with Gasteiger partial charge in [0.05, 0.1) is 0 Å². The summed E-state index contributed by atoms with van der Waals surface area (Å²) in [5.41, 5.74) is 5.73. The molecule has 1 heterocycles. The zero-order chi connectivity index (χ0) is 9.14. The van der Waals surface area contributed by atoms with E-state index in [1.807, 2.05) is 6.92 Å². The number of nitrogens with zero attached hydrogens (tertiary/aromatic N) is 3. The van der Waals surface area contributed by atoms with Gasteiger partial charge < -0.3 is 10.6 Å². The molecule has 0 unspecified atom stereocenters. The van der Waals surface area contributed by atoms with Gasteiger partial charge in [-0.25, -0.2) is 0 Å². The maximum absolute atomic E-state index is 11.4. The minimum Gasteiger partial charge on any atom is -0.387 e. The molecule has 1 rings (SSSR count). The average molecular weight is 186 g/mol. The minimum absolute atomic E-state index is 0.177. The Kier molecular flexibility index (Phi) is 2.59. The third-order valence-corrected chi connectivity index (χ3v) is 2.09. The van der Waals surface area contributed by atoms with Gasteiger partial charge >= 0.3 is 0 Å². The third-order valence-electron chi connectivity index (χ3n) is 1.54. The van der Waals surface area contributed by atoms with E-state index in [9.17, 15) is 4.79 Å². The van der Waals surface area contributed by atoms with Gasteiger partial charge in [0.1, 0.15) is 5.00 Å². The van der Waals surface area contributed by atoms with Gasteiger partial charge in [-0.05, 0) is 6.92 Å². The number of nitrogen functional groups attached to an aromatic ring is 1. The first-order chi connectivity index (χ1) is 5.66. The summed E-state index contributed by atoms with van der Waals surface area (Å²) in [4.78, 5) is 12.9. The fourth-order valence-electron chi connectivity index (χ4n) is 0.670. The lowest BCUT2D eigenvalue weighted by Gasteiger charge is -2.11. The van der Waals surface area contributed by atoms with Gasteiger partial charge in [0.15, 0.2) is 5.69 Å². The highest BCUT2D eigenvalue weighted by atomic mass is 32.1. The minimum atomic E-state index is -0.177. The molecule has 1 aromatic rings. The highest BCUT2D eigenvalue weighted by Gasteiger charge is 2.16. The zero-order valence-corrected chi connectivity index (χ0v) is 7.76. The number of aromatic nitrogens is 2. The molecule has 66 valence electrons. The van der Waals surface area contributed by atoms with Crippen molar-refractivity contribution < 1.29 is 4.79 Å². The van der Waals surface area contributed by atoms with Gasteiger partial charge in [-0.3, -0.25) is 4.79 Å². The van der Waals surface area contributed by atoms with Crippen LogP contribution in [0.3, 0.4) is 0 Å². The molecule has 5 nitrogen and oxygen atoms in total. The van der Waals surface area contributed by atoms with Gasteiger partial charge in [-0.2, -0.15) is 0 Å². The Balaban J connectivity index is 2.85. The molecule has 0 aliphatic rings. The first-order valence-corrected chi connectivity index (χ1v) is 4.27. The van der Waals surface area contributed by atoms with Crippen LogP contribution < -0.4 is 5.73 Å². The Labute approximate surface area is 74.3 Å². The molecular weight excluding hydrogens is 176 g/mol. The van der Waals surface area contributed by atoms with Crippen LogP contribution in [0.25, 0.3) is 0 Å². The molecule has 1 amide bonds. The smallest absolute Gasteiger partial charge is 0.277 e. The van der Waals surface area contributed by atoms with Gasteiger partial charge in [-0.15, -0.1) is 5.10 Å². The second kappa shape index (κ2) is 3.48. The molecule has 0 spiro atoms. The lowest BCUT2D eigenvalue weighted by Crippen LogP contribution is -2.27. The van der Waals surface area contributed by atoms with Crippen LogP contribution in [0.5, 0.6) is 0 Å². The molecule has 1 aromatic heterocycles. The van der Waals surface area contributed by atoms with Crippen LogP contribution in [-0.2, 0) is 0 Å². The van der Waals surface area contributed by atoms with Crippen LogP contribution in [0.2, 0.25) is 0 Å². The van der Waals surface area contributed by atoms with E-state index in [1.165, 1.54) is 4.90 Å². The van der Waals surface area contributed by atoms with Crippen molar-refractivity contribution in [2.75, 3.05) is 19.3 Å². The lowest BCUT2D eigenvalue weighted by atomic mass is 10.4. The summed E-state index contributed by atoms with van der Waals surface area (Å²) in [6, 6.07) is 0. The van der Waals surface area contributed by atoms with Gasteiger partial charge in [-0.1, -0.05) is 4.49 Å². The van der Waals surface area contributed by atoms with Crippen LogP contribution in [-0.4, -0.2) is 34.0 Å². The molecule has 0 atom stereocenters. The maximum Gasteiger partial charge on any atom is 0.277 e. The number of carbonyl (C=O) groups excluding carboxylic acids is 1. The van der Waals surface area contributed by atoms with Crippen LogP contribution in [0.4, 0.5) is 5.00 Å². The van der Waals surface area contributed by atoms with E-state index in [4.69, 9.17) is 5.73 Å². The van der Waals surface area contributed by atoms with Crippen LogP contribution in [0, 0.1) is 0 Å². The van der Waals surface area contributed by atoms with Crippen LogP contribution in [0.15, 0.2) is 0 Å². The standard InChI is InChI=1S/C6H10N4OS/c1-3-10(2)6(11)4-5(7)12-9-8-4/h3,7H2,1-2H3. The monoisotopic (exact) mass is 186 g/mol. The Morgan fingerprint density at radius 3 is 2.83 bits per heavy atom. The van der Waals surface area contributed by atoms with Crippen LogP contribution in [0.1, 0.15) is 17.4 Å². The van der Waals surface area contributed by atoms with E-state index in [-0.39, 0.29) is 11.6 Å². The highest BCUT2D eigenvalue weighted by Crippen LogP contribution is 2.13. The second-order valence-electron chi connectivity index (χ2n) is 2.31. The molecule has 6 heteroatoms. The molecular formula is C6H10N4OS. The fraction of sp³-hybridized carbons (Fsp3) is 0.500. The summed E-state index contributed by atoms with van der Waals surface area (Å²) in [6.45, 7) is 2.52. The Morgan fingerprint density at radius 2 is 2.42 bits per heavy atom. The molecule has 2 N–H and O–H groups in total. The predicted octanol–water partition coefficient (Wildman–Crippen LogP) is 0.212. The molecule has 0 radical (unpaired) electrons. The van der Waals surface area contributed by atoms with E-state index in [2.05, 4.69) is 9.59 Å². The molecule has 0 fully saturated rings. The molecule has 12 heavy (non-hydrogen) atoms. The Hall–Kier alpha value is -1.17. The number of hydrogen-bond acceptors (Lipinski definition) is 5. The number of carbonyl (C=O) groups is 1. The first kappa shape index (κ1) is 8.92. The quantitative estimate of drug-likeness (QED) is 0.716. The maximum atomic E-state index is 11.4. The summed E-state index contributed by atoms with van der Waals surface area (Å²) < 4.78 is 3.58. The number of amides is 1. The van der Waals surface area contributed by atoms with E-state index in [0.29, 0.717) is 11.5 Å². The summed E-state index contributed by atoms with van der Waals surface area (Å²) in [5, 5.41) is 4.01. The summed E-state index contributed by atoms with van der Waals surface area (Å²) in [7, 11) is 1.70. The number of rotatable bonds is 2. The summed E-state index contributed by atoms with van der Waals surface area (Å²) in [6.07, 6.45) is 0. The van der Waals surface area contributed by atoms with Crippen molar-refractivity contribution in [2.45, 2.75) is 6.92 Å². The molecule has 0 aromatic carbocycles. The number of anilines is 1. The molecule has 0 bridgehead atoms. The van der Waals surface area contributed by atoms with Crippen LogP contribution >= 0.6 is 11.5 Å². The van der Waals surface area contributed by atoms with Crippen molar-refractivity contribution in [2.24, 2.45) is 0 Å². The fourth-order valence-corrected chi connectivity index (χ4v) is 1.10. The lowest BCUT2D eigenvalue weighted by molar-refractivity contribution is 0.0797. The third kappa shape index (κ3) is 1.53. The predicted molar refractivity (Wildman–Crippen MR) is 47.0 cm³/mol. The molecule has 0 aliphatic heterocycles. The van der Waals surface area contributed by atoms with Crippen molar-refractivity contribution in [1.82, 2.24) is 14.5 Å². The van der Waals surface area contributed by atoms with Crippen molar-refractivity contribution in [1.29, 1.82) is 0 Å². The topological polar surface area (TPSA) is 72.1 Å². The van der Waals surface area contributed by atoms with Gasteiger partial charge in [0, 0.05) is 25.1 Å². The van der Waals surface area contributed by atoms with E-state index >= 15 is 0 Å². The van der Waals surface area contributed by atoms with Crippen molar-refractivity contribution in [3.8, 4) is 0 Å². The largest absolute Gasteiger partial charge is 0.387 e. The summed E-state index contributed by atoms with van der Waals surface area (Å²) >= 11 is 1.03. The number of nitrogens with two attached hydrogens (primary N) is 1. The normalized spacial score (nSPS) is 9.83. The van der Waals surface area contributed by atoms with E-state index in [1.54, 1.807) is 7.05 Å².